The first-order valence-corrected chi connectivity index (χ1v) is 11.2. The van der Waals surface area contributed by atoms with E-state index in [0.29, 0.717) is 28.4 Å². The van der Waals surface area contributed by atoms with Crippen LogP contribution < -0.4 is 5.32 Å². The molecule has 180 valence electrons. The smallest absolute Gasteiger partial charge is 0.270 e. The molecule has 12 heteroatoms. The van der Waals surface area contributed by atoms with Crippen molar-refractivity contribution >= 4 is 40.0 Å². The summed E-state index contributed by atoms with van der Waals surface area (Å²) < 4.78 is 3.18. The van der Waals surface area contributed by atoms with Crippen LogP contribution in [0, 0.1) is 30.9 Å². The summed E-state index contributed by atoms with van der Waals surface area (Å²) in [6.45, 7) is 5.83. The van der Waals surface area contributed by atoms with E-state index in [9.17, 15) is 14.9 Å². The summed E-state index contributed by atoms with van der Waals surface area (Å²) >= 11 is 6.15. The van der Waals surface area contributed by atoms with E-state index in [0.717, 1.165) is 17.3 Å². The van der Waals surface area contributed by atoms with E-state index >= 15 is 0 Å². The Hall–Kier alpha value is -4.64. The van der Waals surface area contributed by atoms with E-state index in [1.807, 2.05) is 32.0 Å². The van der Waals surface area contributed by atoms with Gasteiger partial charge < -0.3 is 5.32 Å². The van der Waals surface area contributed by atoms with Crippen molar-refractivity contribution in [2.24, 2.45) is 0 Å². The molecule has 0 saturated carbocycles. The maximum absolute atomic E-state index is 13.0. The third-order valence-corrected chi connectivity index (χ3v) is 6.09. The topological polar surface area (TPSA) is 134 Å². The number of non-ortho nitro benzene ring substituents is 1. The van der Waals surface area contributed by atoms with Gasteiger partial charge in [-0.3, -0.25) is 14.9 Å². The molecule has 0 aliphatic rings. The van der Waals surface area contributed by atoms with Crippen molar-refractivity contribution in [3.63, 3.8) is 0 Å². The molecule has 1 amide bonds. The van der Waals surface area contributed by atoms with E-state index in [1.165, 1.54) is 28.7 Å². The average Bonchev–Trinajstić information content (AvgIpc) is 3.44. The average molecular weight is 503 g/mol. The molecule has 0 radical (unpaired) electrons. The number of aryl methyl sites for hydroxylation is 3. The number of nitro groups is 1. The number of hydrogen-bond acceptors (Lipinski definition) is 7. The Morgan fingerprint density at radius 1 is 1.03 bits per heavy atom. The number of hydrogen-bond donors (Lipinski definition) is 1. The molecular weight excluding hydrogens is 484 g/mol. The number of nitrogens with zero attached hydrogens (tertiary/aromatic N) is 7. The molecule has 5 aromatic rings. The summed E-state index contributed by atoms with van der Waals surface area (Å²) in [7, 11) is 0. The van der Waals surface area contributed by atoms with Crippen LogP contribution in [0.25, 0.3) is 22.5 Å². The Bertz CT molecular complexity index is 1670. The molecule has 1 N–H and O–H groups in total. The lowest BCUT2D eigenvalue weighted by Gasteiger charge is -2.10. The highest BCUT2D eigenvalue weighted by atomic mass is 35.5. The predicted octanol–water partition coefficient (Wildman–Crippen LogP) is 4.74. The van der Waals surface area contributed by atoms with Gasteiger partial charge in [-0.1, -0.05) is 17.7 Å². The first-order chi connectivity index (χ1) is 17.2. The molecule has 0 atom stereocenters. The Morgan fingerprint density at radius 2 is 1.83 bits per heavy atom. The Morgan fingerprint density at radius 3 is 2.58 bits per heavy atom. The maximum atomic E-state index is 13.0. The Labute approximate surface area is 209 Å². The lowest BCUT2D eigenvalue weighted by atomic mass is 10.1. The molecule has 0 bridgehead atoms. The summed E-state index contributed by atoms with van der Waals surface area (Å²) in [6.07, 6.45) is 3.04. The van der Waals surface area contributed by atoms with Crippen LogP contribution in [0.4, 0.5) is 11.5 Å². The zero-order chi connectivity index (χ0) is 25.6. The summed E-state index contributed by atoms with van der Waals surface area (Å²) in [4.78, 5) is 32.4. The zero-order valence-corrected chi connectivity index (χ0v) is 20.2. The molecule has 0 aliphatic heterocycles. The van der Waals surface area contributed by atoms with Gasteiger partial charge in [-0.2, -0.15) is 14.9 Å². The summed E-state index contributed by atoms with van der Waals surface area (Å²) in [6, 6.07) is 11.3. The minimum Gasteiger partial charge on any atom is -0.306 e. The van der Waals surface area contributed by atoms with Gasteiger partial charge in [0.1, 0.15) is 12.1 Å². The molecule has 36 heavy (non-hydrogen) atoms. The van der Waals surface area contributed by atoms with E-state index in [4.69, 9.17) is 11.6 Å². The number of amides is 1. The summed E-state index contributed by atoms with van der Waals surface area (Å²) in [5, 5.41) is 23.6. The van der Waals surface area contributed by atoms with Crippen LogP contribution in [-0.4, -0.2) is 40.4 Å². The minimum atomic E-state index is -0.624. The van der Waals surface area contributed by atoms with Gasteiger partial charge in [-0.05, 0) is 50.1 Å². The van der Waals surface area contributed by atoms with Crippen LogP contribution in [-0.2, 0) is 0 Å². The van der Waals surface area contributed by atoms with Crippen molar-refractivity contribution in [3.05, 3.63) is 92.5 Å². The zero-order valence-electron chi connectivity index (χ0n) is 19.4. The van der Waals surface area contributed by atoms with E-state index < -0.39 is 10.8 Å². The number of carbonyl (C=O) groups is 1. The fraction of sp³-hybridized carbons (Fsp3) is 0.125. The number of benzene rings is 2. The predicted molar refractivity (Wildman–Crippen MR) is 134 cm³/mol. The first kappa shape index (κ1) is 23.1. The molecule has 0 saturated heterocycles. The lowest BCUT2D eigenvalue weighted by Crippen LogP contribution is -2.16. The van der Waals surface area contributed by atoms with Gasteiger partial charge in [0.25, 0.3) is 11.6 Å². The number of rotatable bonds is 5. The van der Waals surface area contributed by atoms with Gasteiger partial charge in [0.05, 0.1) is 38.5 Å². The van der Waals surface area contributed by atoms with Crippen molar-refractivity contribution in [1.29, 1.82) is 0 Å². The third-order valence-electron chi connectivity index (χ3n) is 5.76. The number of carbonyl (C=O) groups excluding carboxylic acids is 1. The normalized spacial score (nSPS) is 11.1. The quantitative estimate of drug-likeness (QED) is 0.271. The second-order valence-electron chi connectivity index (χ2n) is 8.22. The van der Waals surface area contributed by atoms with Gasteiger partial charge in [-0.15, -0.1) is 0 Å². The third kappa shape index (κ3) is 4.05. The van der Waals surface area contributed by atoms with Crippen LogP contribution in [0.2, 0.25) is 5.02 Å². The monoisotopic (exact) mass is 502 g/mol. The number of halogens is 1. The largest absolute Gasteiger partial charge is 0.306 e. The molecule has 11 nitrogen and oxygen atoms in total. The second kappa shape index (κ2) is 8.86. The number of anilines is 1. The van der Waals surface area contributed by atoms with E-state index in [2.05, 4.69) is 25.5 Å². The van der Waals surface area contributed by atoms with Crippen LogP contribution in [0.1, 0.15) is 27.2 Å². The van der Waals surface area contributed by atoms with Crippen molar-refractivity contribution in [3.8, 4) is 11.5 Å². The highest BCUT2D eigenvalue weighted by molar-refractivity contribution is 6.34. The molecule has 3 heterocycles. The highest BCUT2D eigenvalue weighted by Crippen LogP contribution is 2.27. The summed E-state index contributed by atoms with van der Waals surface area (Å²) in [5.41, 5.74) is 4.04. The number of aromatic nitrogens is 6. The summed E-state index contributed by atoms with van der Waals surface area (Å²) in [5.74, 6) is 0.0867. The van der Waals surface area contributed by atoms with E-state index in [-0.39, 0.29) is 16.3 Å². The van der Waals surface area contributed by atoms with E-state index in [1.54, 1.807) is 23.9 Å². The molecule has 0 aliphatic carbocycles. The fourth-order valence-electron chi connectivity index (χ4n) is 3.78. The second-order valence-corrected chi connectivity index (χ2v) is 8.62. The van der Waals surface area contributed by atoms with Crippen molar-refractivity contribution in [2.75, 3.05) is 5.32 Å². The Kier molecular flexibility index (Phi) is 5.69. The van der Waals surface area contributed by atoms with Crippen LogP contribution in [0.3, 0.4) is 0 Å². The van der Waals surface area contributed by atoms with Crippen LogP contribution >= 0.6 is 11.6 Å². The number of nitro benzene ring substituents is 1. The van der Waals surface area contributed by atoms with Crippen LogP contribution in [0.5, 0.6) is 0 Å². The van der Waals surface area contributed by atoms with Gasteiger partial charge in [0.15, 0.2) is 11.5 Å². The molecule has 0 fully saturated rings. The maximum Gasteiger partial charge on any atom is 0.270 e. The van der Waals surface area contributed by atoms with Crippen molar-refractivity contribution in [1.82, 2.24) is 29.5 Å². The Balaban J connectivity index is 1.56. The van der Waals surface area contributed by atoms with Gasteiger partial charge >= 0.3 is 0 Å². The molecular formula is C24H19ClN8O3. The van der Waals surface area contributed by atoms with Crippen molar-refractivity contribution in [2.45, 2.75) is 20.8 Å². The molecule has 3 aromatic heterocycles. The van der Waals surface area contributed by atoms with Gasteiger partial charge in [-0.25, -0.2) is 14.6 Å². The molecule has 5 rings (SSSR count). The molecule has 0 unspecified atom stereocenters. The first-order valence-electron chi connectivity index (χ1n) is 10.8. The standard InChI is InChI=1S/C24H19ClN8O3/c1-13-4-5-16(8-14(13)2)31-22-19(11-28-31)23(27-12-26-22)32-21(9-15(3)30-32)29-24(34)18-10-17(33(35)36)6-7-20(18)25/h4-12H,1-3H3,(H,29,34). The van der Waals surface area contributed by atoms with Crippen LogP contribution in [0.15, 0.2) is 55.0 Å². The molecule has 2 aromatic carbocycles. The van der Waals surface area contributed by atoms with Crippen molar-refractivity contribution < 1.29 is 9.72 Å². The lowest BCUT2D eigenvalue weighted by molar-refractivity contribution is -0.384. The van der Waals surface area contributed by atoms with Gasteiger partial charge in [0, 0.05) is 18.2 Å². The van der Waals surface area contributed by atoms with Gasteiger partial charge in [0.2, 0.25) is 0 Å². The fourth-order valence-corrected chi connectivity index (χ4v) is 3.98. The minimum absolute atomic E-state index is 0.0355. The highest BCUT2D eigenvalue weighted by Gasteiger charge is 2.21. The number of nitrogens with one attached hydrogen (secondary N) is 1. The molecule has 0 spiro atoms. The SMILES string of the molecule is Cc1cc(NC(=O)c2cc([N+](=O)[O-])ccc2Cl)n(-c2ncnc3c2cnn3-c2ccc(C)c(C)c2)n1. The number of fused-ring (bicyclic) bond motifs is 1.